The maximum absolute atomic E-state index is 12.9. The quantitative estimate of drug-likeness (QED) is 0.308. The van der Waals surface area contributed by atoms with Gasteiger partial charge in [-0.05, 0) is 25.1 Å². The molecule has 0 radical (unpaired) electrons. The highest BCUT2D eigenvalue weighted by Crippen LogP contribution is 2.17. The fourth-order valence-electron chi connectivity index (χ4n) is 3.09. The number of benzene rings is 3. The maximum atomic E-state index is 12.9. The van der Waals surface area contributed by atoms with Gasteiger partial charge in [0.05, 0.1) is 5.56 Å². The van der Waals surface area contributed by atoms with E-state index in [9.17, 15) is 14.4 Å². The van der Waals surface area contributed by atoms with Crippen LogP contribution in [0.1, 0.15) is 31.8 Å². The van der Waals surface area contributed by atoms with Crippen LogP contribution in [0.15, 0.2) is 91.5 Å². The Morgan fingerprint density at radius 2 is 1.48 bits per heavy atom. The van der Waals surface area contributed by atoms with Gasteiger partial charge in [0.25, 0.3) is 5.91 Å². The van der Waals surface area contributed by atoms with Gasteiger partial charge in [-0.1, -0.05) is 72.3 Å². The lowest BCUT2D eigenvalue weighted by Crippen LogP contribution is -2.35. The molecular weight excluding hydrogens is 390 g/mol. The Balaban J connectivity index is 1.75. The number of anilines is 1. The Kier molecular flexibility index (Phi) is 7.12. The van der Waals surface area contributed by atoms with E-state index in [1.54, 1.807) is 48.5 Å². The van der Waals surface area contributed by atoms with Gasteiger partial charge in [-0.25, -0.2) is 4.79 Å². The Morgan fingerprint density at radius 3 is 2.13 bits per heavy atom. The first-order valence-electron chi connectivity index (χ1n) is 9.85. The second kappa shape index (κ2) is 10.2. The summed E-state index contributed by atoms with van der Waals surface area (Å²) in [7, 11) is 0. The molecular formula is C26H23NO4. The van der Waals surface area contributed by atoms with E-state index >= 15 is 0 Å². The van der Waals surface area contributed by atoms with Crippen molar-refractivity contribution < 1.29 is 19.1 Å². The number of carbonyl (C=O) groups is 3. The molecule has 0 saturated carbocycles. The molecule has 156 valence electrons. The first-order chi connectivity index (χ1) is 15.0. The predicted molar refractivity (Wildman–Crippen MR) is 120 cm³/mol. The lowest BCUT2D eigenvalue weighted by molar-refractivity contribution is -0.121. The SMILES string of the molecule is C=CCN(C(=O)COC(=O)c1ccccc1C(=O)c1ccc(C)cc1)c1ccccc1. The summed E-state index contributed by atoms with van der Waals surface area (Å²) in [6.45, 7) is 5.44. The number of hydrogen-bond donors (Lipinski definition) is 0. The molecule has 0 heterocycles. The smallest absolute Gasteiger partial charge is 0.339 e. The second-order valence-electron chi connectivity index (χ2n) is 6.95. The van der Waals surface area contributed by atoms with Gasteiger partial charge in [-0.2, -0.15) is 0 Å². The molecule has 3 aromatic carbocycles. The number of hydrogen-bond acceptors (Lipinski definition) is 4. The van der Waals surface area contributed by atoms with Crippen molar-refractivity contribution >= 4 is 23.3 Å². The molecule has 0 spiro atoms. The number of ketones is 1. The molecule has 3 rings (SSSR count). The van der Waals surface area contributed by atoms with Gasteiger partial charge >= 0.3 is 5.97 Å². The third kappa shape index (κ3) is 5.34. The Hall–Kier alpha value is -3.99. The van der Waals surface area contributed by atoms with Gasteiger partial charge in [0.15, 0.2) is 12.4 Å². The highest BCUT2D eigenvalue weighted by Gasteiger charge is 2.21. The van der Waals surface area contributed by atoms with Crippen LogP contribution in [0.5, 0.6) is 0 Å². The van der Waals surface area contributed by atoms with E-state index in [4.69, 9.17) is 4.74 Å². The van der Waals surface area contributed by atoms with Crippen LogP contribution in [-0.4, -0.2) is 30.8 Å². The van der Waals surface area contributed by atoms with Crippen molar-refractivity contribution in [1.29, 1.82) is 0 Å². The number of rotatable bonds is 8. The number of ether oxygens (including phenoxy) is 1. The average molecular weight is 413 g/mol. The van der Waals surface area contributed by atoms with E-state index in [-0.39, 0.29) is 29.4 Å². The third-order valence-electron chi connectivity index (χ3n) is 4.71. The summed E-state index contributed by atoms with van der Waals surface area (Å²) in [6.07, 6.45) is 1.60. The molecule has 0 bridgehead atoms. The molecule has 0 aliphatic carbocycles. The summed E-state index contributed by atoms with van der Waals surface area (Å²) in [5.74, 6) is -1.39. The zero-order valence-corrected chi connectivity index (χ0v) is 17.3. The predicted octanol–water partition coefficient (Wildman–Crippen LogP) is 4.60. The molecule has 0 aliphatic heterocycles. The molecule has 0 aromatic heterocycles. The summed E-state index contributed by atoms with van der Waals surface area (Å²) in [4.78, 5) is 39.8. The summed E-state index contributed by atoms with van der Waals surface area (Å²) in [6, 6.07) is 22.6. The highest BCUT2D eigenvalue weighted by molar-refractivity contribution is 6.14. The number of esters is 1. The normalized spacial score (nSPS) is 10.2. The summed E-state index contributed by atoms with van der Waals surface area (Å²) in [5, 5.41) is 0. The van der Waals surface area contributed by atoms with Crippen LogP contribution in [-0.2, 0) is 9.53 Å². The first-order valence-corrected chi connectivity index (χ1v) is 9.85. The van der Waals surface area contributed by atoms with E-state index in [0.29, 0.717) is 11.3 Å². The van der Waals surface area contributed by atoms with Gasteiger partial charge in [-0.3, -0.25) is 9.59 Å². The minimum absolute atomic E-state index is 0.121. The van der Waals surface area contributed by atoms with E-state index in [2.05, 4.69) is 6.58 Å². The standard InChI is InChI=1S/C26H23NO4/c1-3-17-27(21-9-5-4-6-10-21)24(28)18-31-26(30)23-12-8-7-11-22(23)25(29)20-15-13-19(2)14-16-20/h3-16H,1,17-18H2,2H3. The summed E-state index contributed by atoms with van der Waals surface area (Å²) >= 11 is 0. The minimum Gasteiger partial charge on any atom is -0.452 e. The number of carbonyl (C=O) groups excluding carboxylic acids is 3. The molecule has 0 fully saturated rings. The molecule has 31 heavy (non-hydrogen) atoms. The molecule has 0 unspecified atom stereocenters. The van der Waals surface area contributed by atoms with Crippen molar-refractivity contribution in [1.82, 2.24) is 0 Å². The van der Waals surface area contributed by atoms with Gasteiger partial charge in [-0.15, -0.1) is 6.58 Å². The van der Waals surface area contributed by atoms with Crippen molar-refractivity contribution in [3.8, 4) is 0 Å². The van der Waals surface area contributed by atoms with E-state index in [0.717, 1.165) is 5.56 Å². The van der Waals surface area contributed by atoms with Gasteiger partial charge in [0.1, 0.15) is 0 Å². The molecule has 0 atom stereocenters. The number of para-hydroxylation sites is 1. The molecule has 3 aromatic rings. The van der Waals surface area contributed by atoms with Crippen molar-refractivity contribution in [2.45, 2.75) is 6.92 Å². The topological polar surface area (TPSA) is 63.7 Å². The van der Waals surface area contributed by atoms with Crippen LogP contribution in [0.25, 0.3) is 0 Å². The fraction of sp³-hybridized carbons (Fsp3) is 0.115. The number of aryl methyl sites for hydroxylation is 1. The van der Waals surface area contributed by atoms with Crippen LogP contribution >= 0.6 is 0 Å². The van der Waals surface area contributed by atoms with Gasteiger partial charge in [0, 0.05) is 23.4 Å². The van der Waals surface area contributed by atoms with Crippen molar-refractivity contribution in [3.05, 3.63) is 114 Å². The van der Waals surface area contributed by atoms with Gasteiger partial charge in [0.2, 0.25) is 0 Å². The van der Waals surface area contributed by atoms with Crippen molar-refractivity contribution in [2.75, 3.05) is 18.1 Å². The zero-order valence-electron chi connectivity index (χ0n) is 17.3. The third-order valence-corrected chi connectivity index (χ3v) is 4.71. The van der Waals surface area contributed by atoms with E-state index in [1.165, 1.54) is 11.0 Å². The van der Waals surface area contributed by atoms with Gasteiger partial charge < -0.3 is 9.64 Å². The van der Waals surface area contributed by atoms with Crippen molar-refractivity contribution in [2.24, 2.45) is 0 Å². The van der Waals surface area contributed by atoms with E-state index in [1.807, 2.05) is 37.3 Å². The first kappa shape index (κ1) is 21.7. The van der Waals surface area contributed by atoms with Crippen LogP contribution in [0.2, 0.25) is 0 Å². The fourth-order valence-corrected chi connectivity index (χ4v) is 3.09. The molecule has 5 heteroatoms. The van der Waals surface area contributed by atoms with Crippen LogP contribution in [0.3, 0.4) is 0 Å². The number of nitrogens with zero attached hydrogens (tertiary/aromatic N) is 1. The average Bonchev–Trinajstić information content (AvgIpc) is 2.81. The van der Waals surface area contributed by atoms with Crippen molar-refractivity contribution in [3.63, 3.8) is 0 Å². The molecule has 0 saturated heterocycles. The maximum Gasteiger partial charge on any atom is 0.339 e. The van der Waals surface area contributed by atoms with E-state index < -0.39 is 12.6 Å². The lowest BCUT2D eigenvalue weighted by Gasteiger charge is -2.21. The Morgan fingerprint density at radius 1 is 0.871 bits per heavy atom. The largest absolute Gasteiger partial charge is 0.452 e. The monoisotopic (exact) mass is 413 g/mol. The summed E-state index contributed by atoms with van der Waals surface area (Å²) < 4.78 is 5.27. The highest BCUT2D eigenvalue weighted by atomic mass is 16.5. The van der Waals surface area contributed by atoms with Crippen LogP contribution < -0.4 is 4.90 Å². The summed E-state index contributed by atoms with van der Waals surface area (Å²) in [5.41, 5.74) is 2.54. The van der Waals surface area contributed by atoms with Crippen LogP contribution in [0, 0.1) is 6.92 Å². The second-order valence-corrected chi connectivity index (χ2v) is 6.95. The minimum atomic E-state index is -0.726. The number of amides is 1. The zero-order chi connectivity index (χ0) is 22.2. The molecule has 1 amide bonds. The molecule has 0 N–H and O–H groups in total. The lowest BCUT2D eigenvalue weighted by atomic mass is 9.98. The Labute approximate surface area is 181 Å². The Bertz CT molecular complexity index is 1090. The molecule has 5 nitrogen and oxygen atoms in total. The van der Waals surface area contributed by atoms with Crippen LogP contribution in [0.4, 0.5) is 5.69 Å². The molecule has 0 aliphatic rings.